The Bertz CT molecular complexity index is 557. The van der Waals surface area contributed by atoms with Crippen molar-refractivity contribution >= 4 is 18.7 Å². The van der Waals surface area contributed by atoms with Crippen LogP contribution in [-0.2, 0) is 19.1 Å². The highest BCUT2D eigenvalue weighted by Crippen LogP contribution is 2.26. The Hall–Kier alpha value is -1.51. The van der Waals surface area contributed by atoms with Gasteiger partial charge in [-0.2, -0.15) is 0 Å². The SMILES string of the molecule is C=O.CC1OC1CCCCCCCC(=O)O.CCC.CCCCCCCCC(O)C(O)CCCCCCCC(=O)O. The van der Waals surface area contributed by atoms with Gasteiger partial charge in [0.1, 0.15) is 6.79 Å². The fourth-order valence-corrected chi connectivity index (χ4v) is 4.36. The molecule has 8 nitrogen and oxygen atoms in total. The summed E-state index contributed by atoms with van der Waals surface area (Å²) in [5.41, 5.74) is 0. The van der Waals surface area contributed by atoms with E-state index in [1.165, 1.54) is 51.4 Å². The largest absolute Gasteiger partial charge is 0.481 e. The number of carboxylic acid groups (broad SMARTS) is 2. The summed E-state index contributed by atoms with van der Waals surface area (Å²) in [4.78, 5) is 28.6. The van der Waals surface area contributed by atoms with E-state index >= 15 is 0 Å². The fraction of sp³-hybridized carbons (Fsp3) is 0.909. The molecule has 0 radical (unpaired) electrons. The zero-order valence-electron chi connectivity index (χ0n) is 27.0. The second-order valence-electron chi connectivity index (χ2n) is 11.2. The van der Waals surface area contributed by atoms with Gasteiger partial charge in [-0.15, -0.1) is 0 Å². The molecule has 0 amide bonds. The van der Waals surface area contributed by atoms with E-state index in [-0.39, 0.29) is 6.42 Å². The number of aliphatic carboxylic acids is 2. The van der Waals surface area contributed by atoms with E-state index in [2.05, 4.69) is 27.7 Å². The van der Waals surface area contributed by atoms with E-state index in [4.69, 9.17) is 19.7 Å². The van der Waals surface area contributed by atoms with E-state index in [1.54, 1.807) is 0 Å². The Morgan fingerprint density at radius 3 is 1.29 bits per heavy atom. The van der Waals surface area contributed by atoms with Crippen molar-refractivity contribution in [3.8, 4) is 0 Å². The maximum absolute atomic E-state index is 10.4. The first-order valence-corrected chi connectivity index (χ1v) is 16.4. The Labute approximate surface area is 251 Å². The number of carboxylic acids is 2. The number of epoxide rings is 1. The molecule has 0 aromatic heterocycles. The van der Waals surface area contributed by atoms with Crippen molar-refractivity contribution in [2.75, 3.05) is 0 Å². The summed E-state index contributed by atoms with van der Waals surface area (Å²) >= 11 is 0. The number of aliphatic hydroxyl groups excluding tert-OH is 2. The van der Waals surface area contributed by atoms with Crippen molar-refractivity contribution in [1.29, 1.82) is 0 Å². The number of carbonyl (C=O) groups is 3. The summed E-state index contributed by atoms with van der Waals surface area (Å²) in [6.45, 7) is 10.6. The van der Waals surface area contributed by atoms with Crippen molar-refractivity contribution in [3.63, 3.8) is 0 Å². The molecular formula is C33H66O8. The molecule has 1 aliphatic rings. The predicted octanol–water partition coefficient (Wildman–Crippen LogP) is 8.09. The number of rotatable bonds is 24. The van der Waals surface area contributed by atoms with Gasteiger partial charge < -0.3 is 30.0 Å². The van der Waals surface area contributed by atoms with Gasteiger partial charge in [-0.25, -0.2) is 0 Å². The highest BCUT2D eigenvalue weighted by atomic mass is 16.6. The second kappa shape index (κ2) is 34.7. The van der Waals surface area contributed by atoms with Crippen molar-refractivity contribution in [2.24, 2.45) is 0 Å². The molecule has 0 aliphatic carbocycles. The third-order valence-electron chi connectivity index (χ3n) is 6.90. The van der Waals surface area contributed by atoms with Crippen LogP contribution in [0.2, 0.25) is 0 Å². The van der Waals surface area contributed by atoms with E-state index in [0.29, 0.717) is 31.5 Å². The number of ether oxygens (including phenoxy) is 1. The summed E-state index contributed by atoms with van der Waals surface area (Å²) in [7, 11) is 0. The Morgan fingerprint density at radius 2 is 0.951 bits per heavy atom. The molecule has 1 rings (SSSR count). The quantitative estimate of drug-likeness (QED) is 0.0652. The number of hydrogen-bond acceptors (Lipinski definition) is 6. The molecule has 41 heavy (non-hydrogen) atoms. The lowest BCUT2D eigenvalue weighted by molar-refractivity contribution is -0.138. The first kappa shape index (κ1) is 43.9. The molecule has 1 fully saturated rings. The topological polar surface area (TPSA) is 145 Å². The highest BCUT2D eigenvalue weighted by Gasteiger charge is 2.32. The molecule has 0 saturated carbocycles. The third-order valence-corrected chi connectivity index (χ3v) is 6.90. The second-order valence-corrected chi connectivity index (χ2v) is 11.2. The van der Waals surface area contributed by atoms with Gasteiger partial charge in [-0.3, -0.25) is 9.59 Å². The van der Waals surface area contributed by atoms with Crippen molar-refractivity contribution in [2.45, 2.75) is 193 Å². The minimum Gasteiger partial charge on any atom is -0.481 e. The maximum Gasteiger partial charge on any atom is 0.303 e. The van der Waals surface area contributed by atoms with Crippen LogP contribution in [0.4, 0.5) is 0 Å². The van der Waals surface area contributed by atoms with Gasteiger partial charge in [0, 0.05) is 12.8 Å². The molecule has 1 saturated heterocycles. The summed E-state index contributed by atoms with van der Waals surface area (Å²) in [5.74, 6) is -1.40. The highest BCUT2D eigenvalue weighted by molar-refractivity contribution is 5.66. The Morgan fingerprint density at radius 1 is 0.634 bits per heavy atom. The van der Waals surface area contributed by atoms with Gasteiger partial charge in [0.15, 0.2) is 0 Å². The predicted molar refractivity (Wildman–Crippen MR) is 167 cm³/mol. The summed E-state index contributed by atoms with van der Waals surface area (Å²) in [5, 5.41) is 36.7. The van der Waals surface area contributed by atoms with Crippen LogP contribution in [0.1, 0.15) is 169 Å². The zero-order chi connectivity index (χ0) is 31.7. The number of carbonyl (C=O) groups excluding carboxylic acids is 1. The molecule has 0 aromatic rings. The average Bonchev–Trinajstić information content (AvgIpc) is 3.65. The van der Waals surface area contributed by atoms with Crippen LogP contribution in [0.25, 0.3) is 0 Å². The van der Waals surface area contributed by atoms with Gasteiger partial charge in [-0.05, 0) is 39.0 Å². The van der Waals surface area contributed by atoms with Crippen LogP contribution < -0.4 is 0 Å². The van der Waals surface area contributed by atoms with E-state index < -0.39 is 24.1 Å². The van der Waals surface area contributed by atoms with Crippen LogP contribution in [0.15, 0.2) is 0 Å². The van der Waals surface area contributed by atoms with Crippen LogP contribution in [0.3, 0.4) is 0 Å². The van der Waals surface area contributed by atoms with Crippen molar-refractivity contribution in [1.82, 2.24) is 0 Å². The third kappa shape index (κ3) is 38.5. The minimum absolute atomic E-state index is 0.250. The molecule has 4 unspecified atom stereocenters. The van der Waals surface area contributed by atoms with Gasteiger partial charge in [0.2, 0.25) is 0 Å². The monoisotopic (exact) mass is 590 g/mol. The zero-order valence-corrected chi connectivity index (χ0v) is 27.0. The number of aliphatic hydroxyl groups is 2. The molecule has 8 heteroatoms. The Balaban J connectivity index is -0.000000647. The minimum atomic E-state index is -0.728. The fourth-order valence-electron chi connectivity index (χ4n) is 4.36. The normalized spacial score (nSPS) is 16.5. The molecule has 0 bridgehead atoms. The van der Waals surface area contributed by atoms with Gasteiger partial charge >= 0.3 is 11.9 Å². The number of unbranched alkanes of at least 4 members (excludes halogenated alkanes) is 13. The van der Waals surface area contributed by atoms with Crippen LogP contribution >= 0.6 is 0 Å². The molecule has 4 atom stereocenters. The lowest BCUT2D eigenvalue weighted by Crippen LogP contribution is -2.25. The first-order chi connectivity index (χ1) is 19.7. The van der Waals surface area contributed by atoms with E-state index in [9.17, 15) is 19.8 Å². The smallest absolute Gasteiger partial charge is 0.303 e. The number of hydrogen-bond donors (Lipinski definition) is 4. The van der Waals surface area contributed by atoms with Crippen LogP contribution in [0.5, 0.6) is 0 Å². The molecule has 0 spiro atoms. The van der Waals surface area contributed by atoms with E-state index in [0.717, 1.165) is 64.2 Å². The van der Waals surface area contributed by atoms with Gasteiger partial charge in [0.25, 0.3) is 0 Å². The molecule has 4 N–H and O–H groups in total. The Kier molecular flexibility index (Phi) is 37.2. The lowest BCUT2D eigenvalue weighted by atomic mass is 9.99. The average molecular weight is 591 g/mol. The molecule has 1 heterocycles. The molecular weight excluding hydrogens is 524 g/mol. The molecule has 1 aliphatic heterocycles. The standard InChI is InChI=1S/C18H36O4.C11H20O3.C3H8.CH2O/c1-2-3-4-5-7-10-13-16(19)17(20)14-11-8-6-9-12-15-18(21)22;1-9-10(14-9)7-5-3-2-4-6-8-11(12)13;1-3-2;1-2/h16-17,19-20H,2-15H2,1H3,(H,21,22);9-10H,2-8H2,1H3,(H,12,13);3H2,1-2H3;1H2. The summed E-state index contributed by atoms with van der Waals surface area (Å²) in [6, 6.07) is 0. The molecule has 0 aromatic carbocycles. The maximum atomic E-state index is 10.4. The molecule has 246 valence electrons. The van der Waals surface area contributed by atoms with E-state index in [1.807, 2.05) is 6.79 Å². The van der Waals surface area contributed by atoms with Crippen LogP contribution in [0, 0.1) is 0 Å². The van der Waals surface area contributed by atoms with Gasteiger partial charge in [0.05, 0.1) is 24.4 Å². The van der Waals surface area contributed by atoms with Crippen molar-refractivity contribution in [3.05, 3.63) is 0 Å². The van der Waals surface area contributed by atoms with Crippen LogP contribution in [-0.4, -0.2) is 63.6 Å². The van der Waals surface area contributed by atoms with Crippen molar-refractivity contribution < 1.29 is 39.5 Å². The summed E-state index contributed by atoms with van der Waals surface area (Å²) < 4.78 is 5.30. The summed E-state index contributed by atoms with van der Waals surface area (Å²) in [6.07, 6.45) is 21.4. The first-order valence-electron chi connectivity index (χ1n) is 16.4. The van der Waals surface area contributed by atoms with Gasteiger partial charge in [-0.1, -0.05) is 117 Å². The lowest BCUT2D eigenvalue weighted by Gasteiger charge is -2.17.